The van der Waals surface area contributed by atoms with E-state index in [-0.39, 0.29) is 0 Å². The Kier molecular flexibility index (Phi) is 9.18. The van der Waals surface area contributed by atoms with Crippen LogP contribution < -0.4 is 0 Å². The molecule has 0 radical (unpaired) electrons. The monoisotopic (exact) mass is 717 g/mol. The smallest absolute Gasteiger partial charge is 0.164 e. The minimum Gasteiger partial charge on any atom is -0.208 e. The minimum absolute atomic E-state index is 0.524. The lowest BCUT2D eigenvalue weighted by molar-refractivity contribution is 1.07. The Morgan fingerprint density at radius 3 is 0.911 bits per heavy atom. The van der Waals surface area contributed by atoms with Gasteiger partial charge in [-0.2, -0.15) is 5.26 Å². The highest BCUT2D eigenvalue weighted by molar-refractivity contribution is 5.76. The van der Waals surface area contributed by atoms with Crippen LogP contribution in [-0.4, -0.2) is 29.9 Å². The molecule has 0 aliphatic carbocycles. The van der Waals surface area contributed by atoms with Crippen LogP contribution in [0.3, 0.4) is 0 Å². The highest BCUT2D eigenvalue weighted by Crippen LogP contribution is 2.32. The fourth-order valence-corrected chi connectivity index (χ4v) is 6.51. The van der Waals surface area contributed by atoms with Crippen LogP contribution in [0.5, 0.6) is 0 Å². The molecular weight excluding hydrogens is 687 g/mol. The lowest BCUT2D eigenvalue weighted by Gasteiger charge is -2.11. The second-order valence-corrected chi connectivity index (χ2v) is 13.1. The number of benzene rings is 7. The summed E-state index contributed by atoms with van der Waals surface area (Å²) in [5, 5.41) is 9.41. The van der Waals surface area contributed by atoms with Gasteiger partial charge in [0.1, 0.15) is 0 Å². The predicted octanol–water partition coefficient (Wildman–Crippen LogP) is 11.3. The second kappa shape index (κ2) is 15.2. The molecule has 0 fully saturated rings. The Morgan fingerprint density at radius 2 is 0.518 bits per heavy atom. The molecular formula is C49H31N7. The highest BCUT2D eigenvalue weighted by Gasteiger charge is 2.15. The molecule has 0 N–H and O–H groups in total. The van der Waals surface area contributed by atoms with Crippen molar-refractivity contribution in [1.29, 1.82) is 5.26 Å². The molecule has 7 aromatic carbocycles. The fraction of sp³-hybridized carbons (Fsp3) is 0. The molecule has 2 heterocycles. The molecule has 0 saturated carbocycles. The van der Waals surface area contributed by atoms with Gasteiger partial charge in [-0.15, -0.1) is 0 Å². The molecule has 0 spiro atoms. The third kappa shape index (κ3) is 7.19. The van der Waals surface area contributed by atoms with Gasteiger partial charge >= 0.3 is 0 Å². The second-order valence-electron chi connectivity index (χ2n) is 13.1. The van der Waals surface area contributed by atoms with Crippen LogP contribution in [0.15, 0.2) is 188 Å². The minimum atomic E-state index is 0.524. The van der Waals surface area contributed by atoms with Crippen molar-refractivity contribution in [3.05, 3.63) is 194 Å². The molecule has 9 aromatic rings. The first-order valence-electron chi connectivity index (χ1n) is 18.2. The molecule has 0 unspecified atom stereocenters. The van der Waals surface area contributed by atoms with Crippen molar-refractivity contribution in [3.8, 4) is 96.7 Å². The number of nitrogens with zero attached hydrogens (tertiary/aromatic N) is 7. The average molecular weight is 718 g/mol. The normalized spacial score (nSPS) is 10.8. The van der Waals surface area contributed by atoms with Crippen molar-refractivity contribution in [2.75, 3.05) is 0 Å². The summed E-state index contributed by atoms with van der Waals surface area (Å²) >= 11 is 0. The summed E-state index contributed by atoms with van der Waals surface area (Å²) in [6, 6.07) is 64.4. The Labute approximate surface area is 324 Å². The molecule has 0 aliphatic rings. The van der Waals surface area contributed by atoms with E-state index in [0.717, 1.165) is 55.6 Å². The van der Waals surface area contributed by atoms with Gasteiger partial charge in [0.15, 0.2) is 34.9 Å². The maximum Gasteiger partial charge on any atom is 0.164 e. The lowest BCUT2D eigenvalue weighted by atomic mass is 10.0. The summed E-state index contributed by atoms with van der Waals surface area (Å²) in [6.45, 7) is 0. The summed E-state index contributed by atoms with van der Waals surface area (Å²) in [6.07, 6.45) is 0. The van der Waals surface area contributed by atoms with E-state index >= 15 is 0 Å². The summed E-state index contributed by atoms with van der Waals surface area (Å²) in [5.41, 5.74) is 10.0. The SMILES string of the molecule is N#Cc1ccc(-c2nc(-c3cccc(-c4ccccc4)c3)nc(-c3cccc(-c4ccc(-c5nc(-c6ccccc6)nc(-c6ccccc6)n5)cc4)c3)n2)cc1. The van der Waals surface area contributed by atoms with Gasteiger partial charge in [-0.25, -0.2) is 29.9 Å². The summed E-state index contributed by atoms with van der Waals surface area (Å²) < 4.78 is 0. The molecule has 0 amide bonds. The Bertz CT molecular complexity index is 2780. The Morgan fingerprint density at radius 1 is 0.250 bits per heavy atom. The average Bonchev–Trinajstić information content (AvgIpc) is 3.30. The molecule has 0 saturated heterocycles. The first-order chi connectivity index (χ1) is 27.7. The van der Waals surface area contributed by atoms with Crippen LogP contribution >= 0.6 is 0 Å². The van der Waals surface area contributed by atoms with Gasteiger partial charge in [0.25, 0.3) is 0 Å². The van der Waals surface area contributed by atoms with Crippen LogP contribution in [-0.2, 0) is 0 Å². The van der Waals surface area contributed by atoms with Crippen molar-refractivity contribution < 1.29 is 0 Å². The van der Waals surface area contributed by atoms with E-state index in [0.29, 0.717) is 40.5 Å². The summed E-state index contributed by atoms with van der Waals surface area (Å²) in [4.78, 5) is 29.5. The molecule has 0 aliphatic heterocycles. The van der Waals surface area contributed by atoms with Crippen LogP contribution in [0.4, 0.5) is 0 Å². The van der Waals surface area contributed by atoms with E-state index in [1.54, 1.807) is 12.1 Å². The van der Waals surface area contributed by atoms with Crippen molar-refractivity contribution >= 4 is 0 Å². The van der Waals surface area contributed by atoms with Gasteiger partial charge in [-0.1, -0.05) is 152 Å². The first-order valence-corrected chi connectivity index (χ1v) is 18.2. The Balaban J connectivity index is 1.09. The third-order valence-corrected chi connectivity index (χ3v) is 9.43. The van der Waals surface area contributed by atoms with E-state index in [9.17, 15) is 5.26 Å². The molecule has 0 atom stereocenters. The summed E-state index contributed by atoms with van der Waals surface area (Å²) in [5.74, 6) is 3.47. The van der Waals surface area contributed by atoms with Gasteiger partial charge in [0.05, 0.1) is 11.6 Å². The third-order valence-electron chi connectivity index (χ3n) is 9.43. The molecule has 7 heteroatoms. The standard InChI is InChI=1S/C49H31N7/c50-32-33-22-24-38(25-23-33)46-54-48(42-20-10-18-40(30-42)34-12-4-1-5-13-34)56-49(55-46)43-21-11-19-41(31-43)35-26-28-39(29-27-35)47-52-44(36-14-6-2-7-15-36)51-45(53-47)37-16-8-3-9-17-37/h1-31H. The van der Waals surface area contributed by atoms with E-state index in [1.165, 1.54) is 0 Å². The van der Waals surface area contributed by atoms with Crippen molar-refractivity contribution in [2.24, 2.45) is 0 Å². The molecule has 262 valence electrons. The van der Waals surface area contributed by atoms with Crippen molar-refractivity contribution in [1.82, 2.24) is 29.9 Å². The fourth-order valence-electron chi connectivity index (χ4n) is 6.51. The zero-order chi connectivity index (χ0) is 37.7. The lowest BCUT2D eigenvalue weighted by Crippen LogP contribution is -2.00. The van der Waals surface area contributed by atoms with Gasteiger partial charge in [-0.05, 0) is 58.7 Å². The van der Waals surface area contributed by atoms with Crippen LogP contribution in [0.1, 0.15) is 5.56 Å². The van der Waals surface area contributed by atoms with E-state index in [1.807, 2.05) is 127 Å². The zero-order valence-corrected chi connectivity index (χ0v) is 30.0. The van der Waals surface area contributed by atoms with Gasteiger partial charge < -0.3 is 0 Å². The molecule has 56 heavy (non-hydrogen) atoms. The van der Waals surface area contributed by atoms with Crippen molar-refractivity contribution in [3.63, 3.8) is 0 Å². The number of nitriles is 1. The van der Waals surface area contributed by atoms with Gasteiger partial charge in [0, 0.05) is 33.4 Å². The first kappa shape index (κ1) is 33.9. The van der Waals surface area contributed by atoms with Gasteiger partial charge in [-0.3, -0.25) is 0 Å². The maximum absolute atomic E-state index is 9.41. The zero-order valence-electron chi connectivity index (χ0n) is 30.0. The van der Waals surface area contributed by atoms with Crippen LogP contribution in [0.25, 0.3) is 90.6 Å². The largest absolute Gasteiger partial charge is 0.208 e. The maximum atomic E-state index is 9.41. The Hall–Kier alpha value is -7.95. The molecule has 2 aromatic heterocycles. The van der Waals surface area contributed by atoms with E-state index in [4.69, 9.17) is 29.9 Å². The van der Waals surface area contributed by atoms with Crippen molar-refractivity contribution in [2.45, 2.75) is 0 Å². The van der Waals surface area contributed by atoms with E-state index < -0.39 is 0 Å². The highest BCUT2D eigenvalue weighted by atomic mass is 15.0. The topological polar surface area (TPSA) is 101 Å². The predicted molar refractivity (Wildman–Crippen MR) is 221 cm³/mol. The summed E-state index contributed by atoms with van der Waals surface area (Å²) in [7, 11) is 0. The quantitative estimate of drug-likeness (QED) is 0.154. The van der Waals surface area contributed by atoms with E-state index in [2.05, 4.69) is 54.6 Å². The molecule has 9 rings (SSSR count). The molecule has 7 nitrogen and oxygen atoms in total. The molecule has 0 bridgehead atoms. The number of rotatable bonds is 8. The van der Waals surface area contributed by atoms with Gasteiger partial charge in [0.2, 0.25) is 0 Å². The van der Waals surface area contributed by atoms with Crippen LogP contribution in [0, 0.1) is 11.3 Å². The number of hydrogen-bond acceptors (Lipinski definition) is 7. The number of aromatic nitrogens is 6. The van der Waals surface area contributed by atoms with Crippen LogP contribution in [0.2, 0.25) is 0 Å². The number of hydrogen-bond donors (Lipinski definition) is 0.